The van der Waals surface area contributed by atoms with Gasteiger partial charge in [-0.2, -0.15) is 0 Å². The van der Waals surface area contributed by atoms with Crippen LogP contribution >= 0.6 is 11.6 Å². The van der Waals surface area contributed by atoms with Crippen molar-refractivity contribution < 1.29 is 19.0 Å². The van der Waals surface area contributed by atoms with E-state index in [-0.39, 0.29) is 18.0 Å². The topological polar surface area (TPSA) is 104 Å². The van der Waals surface area contributed by atoms with Gasteiger partial charge in [0.25, 0.3) is 0 Å². The van der Waals surface area contributed by atoms with Gasteiger partial charge in [-0.25, -0.2) is 19.2 Å². The molecule has 2 fully saturated rings. The maximum Gasteiger partial charge on any atom is 0.341 e. The first kappa shape index (κ1) is 27.9. The molecule has 218 valence electrons. The number of pyridine rings is 3. The van der Waals surface area contributed by atoms with E-state index < -0.39 is 22.8 Å². The molecule has 0 unspecified atom stereocenters. The molecule has 2 aliphatic heterocycles. The molecule has 0 spiro atoms. The van der Waals surface area contributed by atoms with Crippen LogP contribution in [0.25, 0.3) is 16.6 Å². The predicted octanol–water partition coefficient (Wildman–Crippen LogP) is 4.07. The molecule has 0 saturated carbocycles. The van der Waals surface area contributed by atoms with Crippen molar-refractivity contribution in [2.45, 2.75) is 24.9 Å². The molecular formula is C30H30ClFN6O4. The largest absolute Gasteiger partial charge is 0.477 e. The summed E-state index contributed by atoms with van der Waals surface area (Å²) < 4.78 is 23.1. The molecule has 0 radical (unpaired) electrons. The molecule has 6 rings (SSSR count). The monoisotopic (exact) mass is 592 g/mol. The lowest BCUT2D eigenvalue weighted by Gasteiger charge is -2.43. The Kier molecular flexibility index (Phi) is 7.46. The van der Waals surface area contributed by atoms with E-state index in [0.29, 0.717) is 40.4 Å². The normalized spacial score (nSPS) is 17.2. The zero-order valence-corrected chi connectivity index (χ0v) is 24.0. The molecule has 1 N–H and O–H groups in total. The lowest BCUT2D eigenvalue weighted by molar-refractivity contribution is 0.0695. The van der Waals surface area contributed by atoms with Crippen LogP contribution in [0.4, 0.5) is 15.9 Å². The van der Waals surface area contributed by atoms with Gasteiger partial charge in [0.2, 0.25) is 11.3 Å². The Labute approximate surface area is 246 Å². The maximum atomic E-state index is 15.7. The van der Waals surface area contributed by atoms with Crippen molar-refractivity contribution in [1.29, 1.82) is 0 Å². The SMILES string of the molecule is CN(C)C1CN(c2ccc(-n3cc(C(=O)O)c(=O)c4cc(F)c(N5CCC[C@@H]5COc5ncccc5Cl)cc43)cn2)C1. The second-order valence-corrected chi connectivity index (χ2v) is 11.3. The van der Waals surface area contributed by atoms with Crippen molar-refractivity contribution >= 4 is 40.0 Å². The van der Waals surface area contributed by atoms with Gasteiger partial charge < -0.3 is 29.1 Å². The Morgan fingerprint density at radius 3 is 2.71 bits per heavy atom. The number of hydrogen-bond acceptors (Lipinski definition) is 8. The van der Waals surface area contributed by atoms with Crippen molar-refractivity contribution in [1.82, 2.24) is 19.4 Å². The number of anilines is 2. The fourth-order valence-electron chi connectivity index (χ4n) is 5.58. The molecule has 3 aromatic heterocycles. The highest BCUT2D eigenvalue weighted by Gasteiger charge is 2.30. The van der Waals surface area contributed by atoms with Gasteiger partial charge in [0.05, 0.1) is 29.1 Å². The lowest BCUT2D eigenvalue weighted by atomic mass is 10.1. The van der Waals surface area contributed by atoms with Crippen LogP contribution in [0.15, 0.2) is 59.8 Å². The van der Waals surface area contributed by atoms with E-state index in [9.17, 15) is 14.7 Å². The number of aromatic carboxylic acids is 1. The van der Waals surface area contributed by atoms with Crippen LogP contribution in [-0.4, -0.2) is 82.9 Å². The van der Waals surface area contributed by atoms with Crippen molar-refractivity contribution in [3.8, 4) is 11.6 Å². The highest BCUT2D eigenvalue weighted by atomic mass is 35.5. The number of halogens is 2. The Morgan fingerprint density at radius 2 is 2.02 bits per heavy atom. The fourth-order valence-corrected chi connectivity index (χ4v) is 5.75. The molecule has 4 aromatic rings. The molecule has 0 bridgehead atoms. The van der Waals surface area contributed by atoms with E-state index in [1.807, 2.05) is 31.1 Å². The minimum Gasteiger partial charge on any atom is -0.477 e. The first-order valence-corrected chi connectivity index (χ1v) is 14.1. The minimum atomic E-state index is -1.38. The van der Waals surface area contributed by atoms with Gasteiger partial charge in [-0.05, 0) is 63.3 Å². The summed E-state index contributed by atoms with van der Waals surface area (Å²) in [6, 6.07) is 10.1. The molecule has 0 aliphatic carbocycles. The molecule has 2 aliphatic rings. The highest BCUT2D eigenvalue weighted by molar-refractivity contribution is 6.31. The van der Waals surface area contributed by atoms with Crippen LogP contribution in [0.3, 0.4) is 0 Å². The van der Waals surface area contributed by atoms with Gasteiger partial charge in [-0.15, -0.1) is 0 Å². The Morgan fingerprint density at radius 1 is 1.21 bits per heavy atom. The van der Waals surface area contributed by atoms with Gasteiger partial charge in [0.15, 0.2) is 0 Å². The highest BCUT2D eigenvalue weighted by Crippen LogP contribution is 2.33. The number of fused-ring (bicyclic) bond motifs is 1. The predicted molar refractivity (Wildman–Crippen MR) is 159 cm³/mol. The van der Waals surface area contributed by atoms with Gasteiger partial charge >= 0.3 is 5.97 Å². The van der Waals surface area contributed by atoms with E-state index in [1.54, 1.807) is 35.2 Å². The number of carboxylic acids is 1. The van der Waals surface area contributed by atoms with Crippen molar-refractivity contribution in [3.05, 3.63) is 81.6 Å². The third kappa shape index (κ3) is 5.14. The average Bonchev–Trinajstić information content (AvgIpc) is 3.40. The van der Waals surface area contributed by atoms with Gasteiger partial charge in [0, 0.05) is 43.5 Å². The molecule has 42 heavy (non-hydrogen) atoms. The average molecular weight is 593 g/mol. The number of benzene rings is 1. The zero-order chi connectivity index (χ0) is 29.5. The second kappa shape index (κ2) is 11.2. The molecule has 12 heteroatoms. The summed E-state index contributed by atoms with van der Waals surface area (Å²) >= 11 is 6.19. The van der Waals surface area contributed by atoms with Gasteiger partial charge in [0.1, 0.15) is 28.8 Å². The lowest BCUT2D eigenvalue weighted by Crippen LogP contribution is -2.57. The van der Waals surface area contributed by atoms with E-state index >= 15 is 4.39 Å². The summed E-state index contributed by atoms with van der Waals surface area (Å²) in [6.07, 6.45) is 6.10. The van der Waals surface area contributed by atoms with Crippen molar-refractivity contribution in [2.75, 3.05) is 50.1 Å². The molecular weight excluding hydrogens is 563 g/mol. The molecule has 2 saturated heterocycles. The molecule has 10 nitrogen and oxygen atoms in total. The minimum absolute atomic E-state index is 0.0240. The van der Waals surface area contributed by atoms with E-state index in [4.69, 9.17) is 16.3 Å². The Hall–Kier alpha value is -4.22. The summed E-state index contributed by atoms with van der Waals surface area (Å²) in [4.78, 5) is 40.1. The Balaban J connectivity index is 1.36. The van der Waals surface area contributed by atoms with Crippen LogP contribution in [-0.2, 0) is 0 Å². The fraction of sp³-hybridized carbons (Fsp3) is 0.333. The number of hydrogen-bond donors (Lipinski definition) is 1. The first-order valence-electron chi connectivity index (χ1n) is 13.7. The number of rotatable bonds is 8. The third-order valence-electron chi connectivity index (χ3n) is 8.05. The second-order valence-electron chi connectivity index (χ2n) is 10.9. The molecule has 1 atom stereocenters. The van der Waals surface area contributed by atoms with Crippen molar-refractivity contribution in [3.63, 3.8) is 0 Å². The first-order chi connectivity index (χ1) is 20.2. The van der Waals surface area contributed by atoms with Crippen LogP contribution in [0.2, 0.25) is 5.02 Å². The number of ether oxygens (including phenoxy) is 1. The number of nitrogens with zero attached hydrogens (tertiary/aromatic N) is 6. The van der Waals surface area contributed by atoms with Crippen LogP contribution < -0.4 is 20.0 Å². The number of carboxylic acid groups (broad SMARTS) is 1. The van der Waals surface area contributed by atoms with Gasteiger partial charge in [-0.1, -0.05) is 11.6 Å². The third-order valence-corrected chi connectivity index (χ3v) is 8.34. The van der Waals surface area contributed by atoms with Crippen LogP contribution in [0.1, 0.15) is 23.2 Å². The molecule has 1 aromatic carbocycles. The number of carbonyl (C=O) groups is 1. The van der Waals surface area contributed by atoms with Crippen LogP contribution in [0.5, 0.6) is 5.88 Å². The summed E-state index contributed by atoms with van der Waals surface area (Å²) in [7, 11) is 4.09. The zero-order valence-electron chi connectivity index (χ0n) is 23.2. The van der Waals surface area contributed by atoms with Crippen molar-refractivity contribution in [2.24, 2.45) is 0 Å². The maximum absolute atomic E-state index is 15.7. The summed E-state index contributed by atoms with van der Waals surface area (Å²) in [5.74, 6) is -0.880. The van der Waals surface area contributed by atoms with E-state index in [2.05, 4.69) is 19.8 Å². The van der Waals surface area contributed by atoms with Crippen LogP contribution in [0, 0.1) is 5.82 Å². The number of likely N-dealkylation sites (N-methyl/N-ethyl adjacent to an activating group) is 1. The quantitative estimate of drug-likeness (QED) is 0.324. The van der Waals surface area contributed by atoms with E-state index in [1.165, 1.54) is 6.20 Å². The molecule has 5 heterocycles. The summed E-state index contributed by atoms with van der Waals surface area (Å²) in [5, 5.41) is 10.1. The molecule has 0 amide bonds. The van der Waals surface area contributed by atoms with E-state index in [0.717, 1.165) is 37.8 Å². The Bertz CT molecular complexity index is 1710. The summed E-state index contributed by atoms with van der Waals surface area (Å²) in [5.41, 5.74) is 0.0449. The standard InChI is InChI=1S/C30H30ClFN6O4/c1-35(2)20-14-36(15-20)27-8-7-18(13-34-27)38-16-22(30(40)41)28(39)21-11-24(32)26(12-25(21)38)37-10-4-5-19(37)17-42-29-23(31)6-3-9-33-29/h3,6-9,11-13,16,19-20H,4-5,10,14-15,17H2,1-2H3,(H,40,41)/t19-/m1/s1. The van der Waals surface area contributed by atoms with Gasteiger partial charge in [-0.3, -0.25) is 4.79 Å². The smallest absolute Gasteiger partial charge is 0.341 e. The summed E-state index contributed by atoms with van der Waals surface area (Å²) in [6.45, 7) is 2.55. The number of aromatic nitrogens is 3.